The zero-order chi connectivity index (χ0) is 16.5. The minimum Gasteiger partial charge on any atom is -0.460 e. The van der Waals surface area contributed by atoms with Crippen molar-refractivity contribution in [3.8, 4) is 11.3 Å². The molecule has 0 bridgehead atoms. The molecular formula is C19H22N4O. The van der Waals surface area contributed by atoms with Gasteiger partial charge in [-0.2, -0.15) is 5.10 Å². The van der Waals surface area contributed by atoms with Gasteiger partial charge in [0.1, 0.15) is 23.2 Å². The minimum absolute atomic E-state index is 0.409. The third-order valence-electron chi connectivity index (χ3n) is 4.53. The lowest BCUT2D eigenvalue weighted by molar-refractivity contribution is 0.345. The Kier molecular flexibility index (Phi) is 3.94. The van der Waals surface area contributed by atoms with Gasteiger partial charge in [0.15, 0.2) is 0 Å². The molecule has 0 saturated carbocycles. The van der Waals surface area contributed by atoms with Crippen LogP contribution in [0.2, 0.25) is 0 Å². The van der Waals surface area contributed by atoms with Gasteiger partial charge in [-0.3, -0.25) is 0 Å². The molecule has 3 heterocycles. The lowest BCUT2D eigenvalue weighted by atomic mass is 10.1. The van der Waals surface area contributed by atoms with E-state index in [1.54, 1.807) is 0 Å². The van der Waals surface area contributed by atoms with Crippen molar-refractivity contribution in [1.29, 1.82) is 0 Å². The van der Waals surface area contributed by atoms with Gasteiger partial charge in [0.25, 0.3) is 0 Å². The summed E-state index contributed by atoms with van der Waals surface area (Å²) < 4.78 is 8.00. The fraction of sp³-hybridized carbons (Fsp3) is 0.368. The molecule has 4 rings (SSSR count). The number of aromatic nitrogens is 3. The molecule has 0 spiro atoms. The number of aryl methyl sites for hydroxylation is 3. The zero-order valence-electron chi connectivity index (χ0n) is 14.1. The highest BCUT2D eigenvalue weighted by Gasteiger charge is 2.20. The van der Waals surface area contributed by atoms with Gasteiger partial charge in [0.05, 0.1) is 13.1 Å². The molecule has 1 aliphatic heterocycles. The normalized spacial score (nSPS) is 17.0. The molecule has 1 aliphatic rings. The lowest BCUT2D eigenvalue weighted by Crippen LogP contribution is -2.37. The number of hydrogen-bond acceptors (Lipinski definition) is 4. The van der Waals surface area contributed by atoms with E-state index in [9.17, 15) is 0 Å². The quantitative estimate of drug-likeness (QED) is 0.801. The van der Waals surface area contributed by atoms with E-state index in [1.807, 2.05) is 17.7 Å². The van der Waals surface area contributed by atoms with E-state index in [1.165, 1.54) is 5.56 Å². The van der Waals surface area contributed by atoms with Gasteiger partial charge in [0, 0.05) is 18.0 Å². The molecule has 0 aliphatic carbocycles. The molecule has 2 aromatic heterocycles. The topological polar surface area (TPSA) is 55.9 Å². The van der Waals surface area contributed by atoms with Crippen LogP contribution in [0.3, 0.4) is 0 Å². The monoisotopic (exact) mass is 322 g/mol. The van der Waals surface area contributed by atoms with Crippen molar-refractivity contribution in [3.63, 3.8) is 0 Å². The Hall–Kier alpha value is -2.40. The fourth-order valence-corrected chi connectivity index (χ4v) is 3.19. The molecule has 124 valence electrons. The number of benzene rings is 1. The van der Waals surface area contributed by atoms with Crippen LogP contribution in [-0.4, -0.2) is 20.8 Å². The van der Waals surface area contributed by atoms with E-state index in [-0.39, 0.29) is 0 Å². The van der Waals surface area contributed by atoms with Crippen LogP contribution >= 0.6 is 0 Å². The third kappa shape index (κ3) is 3.12. The van der Waals surface area contributed by atoms with Crippen LogP contribution in [0.25, 0.3) is 11.3 Å². The second kappa shape index (κ2) is 6.24. The summed E-state index contributed by atoms with van der Waals surface area (Å²) in [6, 6.07) is 12.9. The fourth-order valence-electron chi connectivity index (χ4n) is 3.19. The maximum absolute atomic E-state index is 5.98. The molecule has 1 unspecified atom stereocenters. The molecule has 0 fully saturated rings. The van der Waals surface area contributed by atoms with Crippen molar-refractivity contribution in [2.45, 2.75) is 45.8 Å². The highest BCUT2D eigenvalue weighted by molar-refractivity contribution is 5.57. The Balaban J connectivity index is 1.38. The minimum atomic E-state index is 0.409. The van der Waals surface area contributed by atoms with Gasteiger partial charge in [-0.1, -0.05) is 29.8 Å². The first-order chi connectivity index (χ1) is 11.7. The molecule has 3 aromatic rings. The highest BCUT2D eigenvalue weighted by Crippen LogP contribution is 2.23. The van der Waals surface area contributed by atoms with Gasteiger partial charge in [-0.05, 0) is 32.4 Å². The van der Waals surface area contributed by atoms with Gasteiger partial charge in [-0.25, -0.2) is 9.67 Å². The smallest absolute Gasteiger partial charge is 0.147 e. The van der Waals surface area contributed by atoms with E-state index >= 15 is 0 Å². The Bertz CT molecular complexity index is 831. The van der Waals surface area contributed by atoms with Crippen LogP contribution in [0.15, 0.2) is 40.8 Å². The molecule has 24 heavy (non-hydrogen) atoms. The Labute approximate surface area is 141 Å². The van der Waals surface area contributed by atoms with Crippen molar-refractivity contribution < 1.29 is 4.42 Å². The molecule has 5 heteroatoms. The summed E-state index contributed by atoms with van der Waals surface area (Å²) in [6.07, 6.45) is 2.06. The molecule has 0 radical (unpaired) electrons. The predicted octanol–water partition coefficient (Wildman–Crippen LogP) is 3.26. The molecule has 1 atom stereocenters. The standard InChI is InChI=1S/C19H22N4O/c1-13-3-5-15(6-4-13)18-9-8-17(24-18)11-20-16-7-10-19-21-14(2)22-23(19)12-16/h3-6,8-9,16,20H,7,10-12H2,1-2H3. The van der Waals surface area contributed by atoms with Crippen LogP contribution in [-0.2, 0) is 19.5 Å². The second-order valence-electron chi connectivity index (χ2n) is 6.51. The van der Waals surface area contributed by atoms with Crippen molar-refractivity contribution in [2.75, 3.05) is 0 Å². The first-order valence-corrected chi connectivity index (χ1v) is 8.47. The number of rotatable bonds is 4. The zero-order valence-corrected chi connectivity index (χ0v) is 14.1. The van der Waals surface area contributed by atoms with Gasteiger partial charge < -0.3 is 9.73 Å². The Morgan fingerprint density at radius 3 is 2.83 bits per heavy atom. The van der Waals surface area contributed by atoms with Crippen molar-refractivity contribution in [3.05, 3.63) is 59.4 Å². The first-order valence-electron chi connectivity index (χ1n) is 8.47. The summed E-state index contributed by atoms with van der Waals surface area (Å²) in [5.74, 6) is 3.85. The van der Waals surface area contributed by atoms with Crippen LogP contribution in [0, 0.1) is 13.8 Å². The van der Waals surface area contributed by atoms with E-state index in [4.69, 9.17) is 4.42 Å². The molecule has 5 nitrogen and oxygen atoms in total. The lowest BCUT2D eigenvalue weighted by Gasteiger charge is -2.23. The average molecular weight is 322 g/mol. The van der Waals surface area contributed by atoms with Crippen LogP contribution in [0.4, 0.5) is 0 Å². The van der Waals surface area contributed by atoms with E-state index in [0.717, 1.165) is 54.7 Å². The molecule has 1 N–H and O–H groups in total. The molecular weight excluding hydrogens is 300 g/mol. The van der Waals surface area contributed by atoms with E-state index < -0.39 is 0 Å². The SMILES string of the molecule is Cc1ccc(-c2ccc(CNC3CCc4nc(C)nn4C3)o2)cc1. The number of furan rings is 1. The third-order valence-corrected chi connectivity index (χ3v) is 4.53. The summed E-state index contributed by atoms with van der Waals surface area (Å²) >= 11 is 0. The van der Waals surface area contributed by atoms with Crippen LogP contribution in [0.5, 0.6) is 0 Å². The maximum Gasteiger partial charge on any atom is 0.147 e. The number of nitrogens with one attached hydrogen (secondary N) is 1. The second-order valence-corrected chi connectivity index (χ2v) is 6.51. The van der Waals surface area contributed by atoms with E-state index in [2.05, 4.69) is 52.7 Å². The summed E-state index contributed by atoms with van der Waals surface area (Å²) in [5, 5.41) is 8.03. The number of nitrogens with zero attached hydrogens (tertiary/aromatic N) is 3. The molecule has 0 amide bonds. The molecule has 1 aromatic carbocycles. The largest absolute Gasteiger partial charge is 0.460 e. The van der Waals surface area contributed by atoms with Gasteiger partial charge >= 0.3 is 0 Å². The van der Waals surface area contributed by atoms with Crippen molar-refractivity contribution >= 4 is 0 Å². The highest BCUT2D eigenvalue weighted by atomic mass is 16.3. The Morgan fingerprint density at radius 2 is 2.00 bits per heavy atom. The molecule has 0 saturated heterocycles. The van der Waals surface area contributed by atoms with Crippen molar-refractivity contribution in [2.24, 2.45) is 0 Å². The maximum atomic E-state index is 5.98. The Morgan fingerprint density at radius 1 is 1.17 bits per heavy atom. The van der Waals surface area contributed by atoms with E-state index in [0.29, 0.717) is 6.04 Å². The summed E-state index contributed by atoms with van der Waals surface area (Å²) in [6.45, 7) is 5.65. The first kappa shape index (κ1) is 15.1. The summed E-state index contributed by atoms with van der Waals surface area (Å²) in [7, 11) is 0. The van der Waals surface area contributed by atoms with Crippen LogP contribution in [0.1, 0.15) is 29.4 Å². The summed E-state index contributed by atoms with van der Waals surface area (Å²) in [5.41, 5.74) is 2.37. The number of hydrogen-bond donors (Lipinski definition) is 1. The number of fused-ring (bicyclic) bond motifs is 1. The summed E-state index contributed by atoms with van der Waals surface area (Å²) in [4.78, 5) is 4.45. The van der Waals surface area contributed by atoms with Gasteiger partial charge in [0.2, 0.25) is 0 Å². The van der Waals surface area contributed by atoms with Gasteiger partial charge in [-0.15, -0.1) is 0 Å². The van der Waals surface area contributed by atoms with Crippen LogP contribution < -0.4 is 5.32 Å². The van der Waals surface area contributed by atoms with Crippen molar-refractivity contribution in [1.82, 2.24) is 20.1 Å². The predicted molar refractivity (Wildman–Crippen MR) is 92.6 cm³/mol. The average Bonchev–Trinajstić information content (AvgIpc) is 3.18.